The van der Waals surface area contributed by atoms with E-state index < -0.39 is 21.7 Å². The summed E-state index contributed by atoms with van der Waals surface area (Å²) >= 11 is 23.0. The van der Waals surface area contributed by atoms with Crippen LogP contribution in [-0.4, -0.2) is 26.9 Å². The molecule has 0 aliphatic rings. The second kappa shape index (κ2) is 10.1. The van der Waals surface area contributed by atoms with Gasteiger partial charge in [0.2, 0.25) is 9.70 Å². The second-order valence-corrected chi connectivity index (χ2v) is 8.57. The highest BCUT2D eigenvalue weighted by Gasteiger charge is 2.35. The van der Waals surface area contributed by atoms with Crippen LogP contribution in [0, 0.1) is 5.82 Å². The van der Waals surface area contributed by atoms with E-state index in [4.69, 9.17) is 47.0 Å². The maximum absolute atomic E-state index is 13.8. The Kier molecular flexibility index (Phi) is 8.04. The van der Waals surface area contributed by atoms with Crippen LogP contribution in [0.3, 0.4) is 0 Å². The molecule has 4 N–H and O–H groups in total. The van der Waals surface area contributed by atoms with Gasteiger partial charge in [0.15, 0.2) is 5.11 Å². The van der Waals surface area contributed by atoms with E-state index in [1.807, 2.05) is 0 Å². The quantitative estimate of drug-likeness (QED) is 0.295. The van der Waals surface area contributed by atoms with Crippen molar-refractivity contribution in [3.05, 3.63) is 59.9 Å². The Labute approximate surface area is 187 Å². The summed E-state index contributed by atoms with van der Waals surface area (Å²) in [5.41, 5.74) is 0.878. The molecule has 0 saturated heterocycles. The van der Waals surface area contributed by atoms with Crippen LogP contribution in [0.1, 0.15) is 17.3 Å². The number of hydrogen-bond donors (Lipinski definition) is 4. The van der Waals surface area contributed by atoms with Crippen LogP contribution in [-0.2, 0) is 4.79 Å². The van der Waals surface area contributed by atoms with Gasteiger partial charge in [0, 0.05) is 18.3 Å². The Morgan fingerprint density at radius 1 is 1.00 bits per heavy atom. The first-order valence-corrected chi connectivity index (χ1v) is 9.68. The number of carbonyl (C=O) groups is 2. The Bertz CT molecular complexity index is 924. The van der Waals surface area contributed by atoms with E-state index >= 15 is 0 Å². The number of amides is 2. The number of benzene rings is 2. The molecule has 0 fully saturated rings. The molecular formula is C18H16Cl3FN4O2S. The molecule has 0 spiro atoms. The molecule has 0 bridgehead atoms. The van der Waals surface area contributed by atoms with Gasteiger partial charge in [0.05, 0.1) is 5.56 Å². The summed E-state index contributed by atoms with van der Waals surface area (Å²) in [7, 11) is 0. The van der Waals surface area contributed by atoms with Gasteiger partial charge in [-0.2, -0.15) is 0 Å². The fourth-order valence-electron chi connectivity index (χ4n) is 2.23. The topological polar surface area (TPSA) is 82.3 Å². The first-order chi connectivity index (χ1) is 13.6. The van der Waals surface area contributed by atoms with Crippen LogP contribution >= 0.6 is 47.0 Å². The van der Waals surface area contributed by atoms with Crippen molar-refractivity contribution in [3.63, 3.8) is 0 Å². The van der Waals surface area contributed by atoms with E-state index in [1.165, 1.54) is 25.1 Å². The van der Waals surface area contributed by atoms with Crippen molar-refractivity contribution in [1.29, 1.82) is 0 Å². The maximum Gasteiger partial charge on any atom is 0.255 e. The van der Waals surface area contributed by atoms with Gasteiger partial charge in [0.25, 0.3) is 5.91 Å². The van der Waals surface area contributed by atoms with Crippen LogP contribution in [0.25, 0.3) is 0 Å². The van der Waals surface area contributed by atoms with Crippen molar-refractivity contribution in [2.24, 2.45) is 0 Å². The standard InChI is InChI=1S/C18H16Cl3FN4O2S/c1-10(27)23-11-5-4-6-12(9-11)24-17(29)26-16(18(19,20)21)25-15(28)13-7-2-3-8-14(13)22/h2-9,16H,1H3,(H,23,27)(H,25,28)(H2,24,26,29). The SMILES string of the molecule is CC(=O)Nc1cccc(NC(=S)NC(NC(=O)c2ccccc2F)C(Cl)(Cl)Cl)c1. The van der Waals surface area contributed by atoms with Gasteiger partial charge in [-0.25, -0.2) is 4.39 Å². The lowest BCUT2D eigenvalue weighted by molar-refractivity contribution is -0.114. The average Bonchev–Trinajstić information content (AvgIpc) is 2.60. The third-order valence-corrected chi connectivity index (χ3v) is 4.31. The lowest BCUT2D eigenvalue weighted by Crippen LogP contribution is -2.56. The highest BCUT2D eigenvalue weighted by molar-refractivity contribution is 7.80. The van der Waals surface area contributed by atoms with Crippen LogP contribution in [0.15, 0.2) is 48.5 Å². The number of thiocarbonyl (C=S) groups is 1. The smallest absolute Gasteiger partial charge is 0.255 e. The third-order valence-electron chi connectivity index (χ3n) is 3.44. The minimum atomic E-state index is -2.00. The zero-order valence-electron chi connectivity index (χ0n) is 14.9. The largest absolute Gasteiger partial charge is 0.339 e. The van der Waals surface area contributed by atoms with Gasteiger partial charge in [-0.15, -0.1) is 0 Å². The summed E-state index contributed by atoms with van der Waals surface area (Å²) in [6, 6.07) is 12.1. The second-order valence-electron chi connectivity index (χ2n) is 5.79. The van der Waals surface area contributed by atoms with E-state index in [-0.39, 0.29) is 16.6 Å². The number of nitrogens with one attached hydrogen (secondary N) is 4. The van der Waals surface area contributed by atoms with Gasteiger partial charge >= 0.3 is 0 Å². The Balaban J connectivity index is 2.08. The summed E-state index contributed by atoms with van der Waals surface area (Å²) < 4.78 is 11.8. The molecule has 2 aromatic rings. The van der Waals surface area contributed by atoms with Gasteiger partial charge in [-0.05, 0) is 42.5 Å². The minimum absolute atomic E-state index is 0.0233. The molecular weight excluding hydrogens is 462 g/mol. The molecule has 154 valence electrons. The highest BCUT2D eigenvalue weighted by atomic mass is 35.6. The number of rotatable bonds is 5. The van der Waals surface area contributed by atoms with Gasteiger partial charge in [-0.1, -0.05) is 53.0 Å². The molecule has 0 heterocycles. The number of hydrogen-bond acceptors (Lipinski definition) is 3. The van der Waals surface area contributed by atoms with Gasteiger partial charge < -0.3 is 21.3 Å². The van der Waals surface area contributed by atoms with Crippen molar-refractivity contribution < 1.29 is 14.0 Å². The molecule has 29 heavy (non-hydrogen) atoms. The maximum atomic E-state index is 13.8. The van der Waals surface area contributed by atoms with Gasteiger partial charge in [0.1, 0.15) is 12.0 Å². The van der Waals surface area contributed by atoms with Crippen molar-refractivity contribution in [2.45, 2.75) is 16.9 Å². The molecule has 0 aromatic heterocycles. The number of alkyl halides is 3. The molecule has 0 radical (unpaired) electrons. The molecule has 0 saturated carbocycles. The third kappa shape index (κ3) is 7.32. The Morgan fingerprint density at radius 2 is 1.62 bits per heavy atom. The van der Waals surface area contributed by atoms with Crippen LogP contribution < -0.4 is 21.3 Å². The summed E-state index contributed by atoms with van der Waals surface area (Å²) in [4.78, 5) is 23.5. The fraction of sp³-hybridized carbons (Fsp3) is 0.167. The lowest BCUT2D eigenvalue weighted by atomic mass is 10.2. The molecule has 0 aliphatic heterocycles. The highest BCUT2D eigenvalue weighted by Crippen LogP contribution is 2.29. The van der Waals surface area contributed by atoms with E-state index in [1.54, 1.807) is 24.3 Å². The average molecular weight is 478 g/mol. The number of anilines is 2. The van der Waals surface area contributed by atoms with Crippen LogP contribution in [0.5, 0.6) is 0 Å². The predicted molar refractivity (Wildman–Crippen MR) is 118 cm³/mol. The Hall–Kier alpha value is -2.13. The minimum Gasteiger partial charge on any atom is -0.339 e. The monoisotopic (exact) mass is 476 g/mol. The van der Waals surface area contributed by atoms with Crippen LogP contribution in [0.4, 0.5) is 15.8 Å². The molecule has 2 amide bonds. The van der Waals surface area contributed by atoms with E-state index in [2.05, 4.69) is 21.3 Å². The molecule has 0 aliphatic carbocycles. The molecule has 11 heteroatoms. The molecule has 1 atom stereocenters. The van der Waals surface area contributed by atoms with Crippen LogP contribution in [0.2, 0.25) is 0 Å². The van der Waals surface area contributed by atoms with E-state index in [0.717, 1.165) is 6.07 Å². The predicted octanol–water partition coefficient (Wildman–Crippen LogP) is 4.20. The Morgan fingerprint density at radius 3 is 2.21 bits per heavy atom. The number of halogens is 4. The van der Waals surface area contributed by atoms with Crippen molar-refractivity contribution in [1.82, 2.24) is 10.6 Å². The normalized spacial score (nSPS) is 11.9. The van der Waals surface area contributed by atoms with Crippen molar-refractivity contribution in [2.75, 3.05) is 10.6 Å². The molecule has 6 nitrogen and oxygen atoms in total. The molecule has 2 rings (SSSR count). The zero-order chi connectivity index (χ0) is 21.6. The number of carbonyl (C=O) groups excluding carboxylic acids is 2. The van der Waals surface area contributed by atoms with Crippen molar-refractivity contribution >= 4 is 75.3 Å². The summed E-state index contributed by atoms with van der Waals surface area (Å²) in [5.74, 6) is -1.74. The fourth-order valence-corrected chi connectivity index (χ4v) is 2.79. The van der Waals surface area contributed by atoms with E-state index in [9.17, 15) is 14.0 Å². The molecule has 1 unspecified atom stereocenters. The zero-order valence-corrected chi connectivity index (χ0v) is 18.0. The summed E-state index contributed by atoms with van der Waals surface area (Å²) in [6.07, 6.45) is -1.27. The van der Waals surface area contributed by atoms with Crippen molar-refractivity contribution in [3.8, 4) is 0 Å². The van der Waals surface area contributed by atoms with Gasteiger partial charge in [-0.3, -0.25) is 9.59 Å². The summed E-state index contributed by atoms with van der Waals surface area (Å²) in [6.45, 7) is 1.39. The van der Waals surface area contributed by atoms with E-state index in [0.29, 0.717) is 11.4 Å². The first-order valence-electron chi connectivity index (χ1n) is 8.13. The summed E-state index contributed by atoms with van der Waals surface area (Å²) in [5, 5.41) is 10.6. The molecule has 2 aromatic carbocycles. The lowest BCUT2D eigenvalue weighted by Gasteiger charge is -2.28. The first kappa shape index (κ1) is 23.2.